The Balaban J connectivity index is 2.65. The van der Waals surface area contributed by atoms with Gasteiger partial charge in [-0.3, -0.25) is 16.3 Å². The molecule has 0 aliphatic rings. The van der Waals surface area contributed by atoms with Crippen molar-refractivity contribution in [3.05, 3.63) is 40.6 Å². The molecule has 15 heavy (non-hydrogen) atoms. The Hall–Kier alpha value is -0.710. The van der Waals surface area contributed by atoms with Crippen LogP contribution in [0.5, 0.6) is 0 Å². The molecule has 0 aliphatic heterocycles. The number of allylic oxidation sites excluding steroid dienone is 1. The standard InChI is InChI=1S/C11H16BrN3/c1-8(2)3-5-11(15-13)10-6-4-9(12)7-14-10/h4,6-7,11,15H,1,3,5,13H2,2H3. The summed E-state index contributed by atoms with van der Waals surface area (Å²) in [7, 11) is 0. The molecule has 0 spiro atoms. The monoisotopic (exact) mass is 269 g/mol. The second-order valence-electron chi connectivity index (χ2n) is 3.62. The fourth-order valence-corrected chi connectivity index (χ4v) is 1.54. The van der Waals surface area contributed by atoms with Crippen molar-refractivity contribution >= 4 is 15.9 Å². The van der Waals surface area contributed by atoms with E-state index in [0.29, 0.717) is 0 Å². The summed E-state index contributed by atoms with van der Waals surface area (Å²) in [5, 5.41) is 0. The zero-order valence-corrected chi connectivity index (χ0v) is 10.4. The van der Waals surface area contributed by atoms with Gasteiger partial charge in [0.25, 0.3) is 0 Å². The minimum Gasteiger partial charge on any atom is -0.271 e. The van der Waals surface area contributed by atoms with E-state index in [4.69, 9.17) is 5.84 Å². The van der Waals surface area contributed by atoms with Crippen LogP contribution >= 0.6 is 15.9 Å². The van der Waals surface area contributed by atoms with Crippen LogP contribution in [0.2, 0.25) is 0 Å². The van der Waals surface area contributed by atoms with Crippen molar-refractivity contribution < 1.29 is 0 Å². The van der Waals surface area contributed by atoms with Crippen LogP contribution in [-0.2, 0) is 0 Å². The average molecular weight is 270 g/mol. The number of pyridine rings is 1. The molecule has 3 nitrogen and oxygen atoms in total. The van der Waals surface area contributed by atoms with E-state index in [-0.39, 0.29) is 6.04 Å². The van der Waals surface area contributed by atoms with Crippen LogP contribution < -0.4 is 11.3 Å². The molecule has 0 saturated heterocycles. The Bertz CT molecular complexity index is 321. The Labute approximate surface area is 98.9 Å². The van der Waals surface area contributed by atoms with E-state index >= 15 is 0 Å². The maximum Gasteiger partial charge on any atom is 0.0635 e. The summed E-state index contributed by atoms with van der Waals surface area (Å²) in [5.41, 5.74) is 4.89. The molecule has 0 aliphatic carbocycles. The largest absolute Gasteiger partial charge is 0.271 e. The van der Waals surface area contributed by atoms with Gasteiger partial charge in [-0.15, -0.1) is 6.58 Å². The van der Waals surface area contributed by atoms with Gasteiger partial charge in [0, 0.05) is 10.7 Å². The molecule has 1 aromatic rings. The molecule has 0 fully saturated rings. The molecule has 0 aromatic carbocycles. The van der Waals surface area contributed by atoms with Gasteiger partial charge in [0.2, 0.25) is 0 Å². The van der Waals surface area contributed by atoms with Crippen molar-refractivity contribution in [3.63, 3.8) is 0 Å². The molecule has 4 heteroatoms. The molecule has 82 valence electrons. The third-order valence-electron chi connectivity index (χ3n) is 2.17. The highest BCUT2D eigenvalue weighted by Gasteiger charge is 2.10. The molecular weight excluding hydrogens is 254 g/mol. The lowest BCUT2D eigenvalue weighted by molar-refractivity contribution is 0.504. The van der Waals surface area contributed by atoms with E-state index in [9.17, 15) is 0 Å². The second kappa shape index (κ2) is 6.00. The van der Waals surface area contributed by atoms with Gasteiger partial charge in [-0.25, -0.2) is 0 Å². The quantitative estimate of drug-likeness (QED) is 0.491. The molecule has 1 atom stereocenters. The first-order valence-corrected chi connectivity index (χ1v) is 5.64. The Morgan fingerprint density at radius 1 is 1.67 bits per heavy atom. The summed E-state index contributed by atoms with van der Waals surface area (Å²) >= 11 is 3.35. The lowest BCUT2D eigenvalue weighted by Crippen LogP contribution is -2.28. The summed E-state index contributed by atoms with van der Waals surface area (Å²) in [4.78, 5) is 4.31. The number of nitrogens with zero attached hydrogens (tertiary/aromatic N) is 1. The van der Waals surface area contributed by atoms with Crippen molar-refractivity contribution in [2.45, 2.75) is 25.8 Å². The second-order valence-corrected chi connectivity index (χ2v) is 4.53. The van der Waals surface area contributed by atoms with Gasteiger partial charge in [-0.1, -0.05) is 5.57 Å². The van der Waals surface area contributed by atoms with E-state index < -0.39 is 0 Å². The number of rotatable bonds is 5. The molecule has 0 bridgehead atoms. The Morgan fingerprint density at radius 3 is 2.87 bits per heavy atom. The van der Waals surface area contributed by atoms with E-state index in [2.05, 4.69) is 32.9 Å². The van der Waals surface area contributed by atoms with Gasteiger partial charge in [-0.05, 0) is 47.8 Å². The van der Waals surface area contributed by atoms with Gasteiger partial charge >= 0.3 is 0 Å². The third kappa shape index (κ3) is 4.11. The molecule has 0 saturated carbocycles. The number of halogens is 1. The van der Waals surface area contributed by atoms with Gasteiger partial charge < -0.3 is 0 Å². The van der Waals surface area contributed by atoms with Crippen molar-refractivity contribution in [3.8, 4) is 0 Å². The van der Waals surface area contributed by atoms with Gasteiger partial charge in [0.1, 0.15) is 0 Å². The maximum atomic E-state index is 5.50. The van der Waals surface area contributed by atoms with Gasteiger partial charge in [0.15, 0.2) is 0 Å². The predicted molar refractivity (Wildman–Crippen MR) is 66.0 cm³/mol. The van der Waals surface area contributed by atoms with Crippen LogP contribution in [-0.4, -0.2) is 4.98 Å². The number of nitrogens with one attached hydrogen (secondary N) is 1. The Kier molecular flexibility index (Phi) is 4.94. The average Bonchev–Trinajstić information content (AvgIpc) is 2.21. The van der Waals surface area contributed by atoms with E-state index in [1.54, 1.807) is 6.20 Å². The summed E-state index contributed by atoms with van der Waals surface area (Å²) in [6.07, 6.45) is 3.65. The number of nitrogens with two attached hydrogens (primary N) is 1. The highest BCUT2D eigenvalue weighted by Crippen LogP contribution is 2.19. The summed E-state index contributed by atoms with van der Waals surface area (Å²) < 4.78 is 0.974. The van der Waals surface area contributed by atoms with Crippen LogP contribution in [0.1, 0.15) is 31.5 Å². The minimum atomic E-state index is 0.0924. The lowest BCUT2D eigenvalue weighted by atomic mass is 10.1. The van der Waals surface area contributed by atoms with Crippen molar-refractivity contribution in [1.82, 2.24) is 10.4 Å². The number of hydrogen-bond donors (Lipinski definition) is 2. The zero-order valence-electron chi connectivity index (χ0n) is 8.83. The predicted octanol–water partition coefficient (Wildman–Crippen LogP) is 2.70. The maximum absolute atomic E-state index is 5.50. The Morgan fingerprint density at radius 2 is 2.40 bits per heavy atom. The molecule has 0 radical (unpaired) electrons. The zero-order chi connectivity index (χ0) is 11.3. The molecule has 0 amide bonds. The highest BCUT2D eigenvalue weighted by atomic mass is 79.9. The first kappa shape index (κ1) is 12.4. The molecule has 3 N–H and O–H groups in total. The van der Waals surface area contributed by atoms with Crippen LogP contribution in [0.3, 0.4) is 0 Å². The minimum absolute atomic E-state index is 0.0924. The molecule has 1 rings (SSSR count). The van der Waals surface area contributed by atoms with Crippen LogP contribution in [0, 0.1) is 0 Å². The lowest BCUT2D eigenvalue weighted by Gasteiger charge is -2.15. The summed E-state index contributed by atoms with van der Waals surface area (Å²) in [6, 6.07) is 4.02. The van der Waals surface area contributed by atoms with Crippen LogP contribution in [0.15, 0.2) is 35.0 Å². The topological polar surface area (TPSA) is 50.9 Å². The third-order valence-corrected chi connectivity index (χ3v) is 2.64. The van der Waals surface area contributed by atoms with E-state index in [1.807, 2.05) is 19.1 Å². The van der Waals surface area contributed by atoms with Crippen LogP contribution in [0.4, 0.5) is 0 Å². The SMILES string of the molecule is C=C(C)CCC(NN)c1ccc(Br)cn1. The fraction of sp³-hybridized carbons (Fsp3) is 0.364. The van der Waals surface area contributed by atoms with Crippen molar-refractivity contribution in [1.29, 1.82) is 0 Å². The van der Waals surface area contributed by atoms with Gasteiger partial charge in [-0.2, -0.15) is 0 Å². The first-order valence-electron chi connectivity index (χ1n) is 4.85. The fourth-order valence-electron chi connectivity index (χ4n) is 1.30. The number of hydrogen-bond acceptors (Lipinski definition) is 3. The highest BCUT2D eigenvalue weighted by molar-refractivity contribution is 9.10. The van der Waals surface area contributed by atoms with Crippen molar-refractivity contribution in [2.75, 3.05) is 0 Å². The van der Waals surface area contributed by atoms with Crippen LogP contribution in [0.25, 0.3) is 0 Å². The summed E-state index contributed by atoms with van der Waals surface area (Å²) in [6.45, 7) is 5.89. The smallest absolute Gasteiger partial charge is 0.0635 e. The normalized spacial score (nSPS) is 12.5. The molecule has 1 heterocycles. The van der Waals surface area contributed by atoms with Gasteiger partial charge in [0.05, 0.1) is 11.7 Å². The first-order chi connectivity index (χ1) is 7.13. The molecule has 1 unspecified atom stereocenters. The number of aromatic nitrogens is 1. The number of hydrazine groups is 1. The summed E-state index contributed by atoms with van der Waals surface area (Å²) in [5.74, 6) is 5.50. The van der Waals surface area contributed by atoms with Crippen molar-refractivity contribution in [2.24, 2.45) is 5.84 Å². The van der Waals surface area contributed by atoms with E-state index in [0.717, 1.165) is 28.6 Å². The van der Waals surface area contributed by atoms with E-state index in [1.165, 1.54) is 0 Å². The molecular formula is C11H16BrN3. The molecule has 1 aromatic heterocycles.